The van der Waals surface area contributed by atoms with Crippen LogP contribution in [0.25, 0.3) is 0 Å². The van der Waals surface area contributed by atoms with Crippen LogP contribution in [0.2, 0.25) is 0 Å². The van der Waals surface area contributed by atoms with Crippen LogP contribution in [0.3, 0.4) is 0 Å². The molecule has 21 heavy (non-hydrogen) atoms. The quantitative estimate of drug-likeness (QED) is 0.823. The Bertz CT molecular complexity index is 574. The van der Waals surface area contributed by atoms with Crippen molar-refractivity contribution < 1.29 is 13.5 Å². The van der Waals surface area contributed by atoms with E-state index in [-0.39, 0.29) is 17.9 Å². The Morgan fingerprint density at radius 1 is 1.48 bits per heavy atom. The van der Waals surface area contributed by atoms with Crippen molar-refractivity contribution in [3.63, 3.8) is 0 Å². The zero-order valence-corrected chi connectivity index (χ0v) is 13.4. The molecule has 1 aliphatic rings. The average Bonchev–Trinajstić information content (AvgIpc) is 2.82. The number of nitrogens with zero attached hydrogens (tertiary/aromatic N) is 1. The van der Waals surface area contributed by atoms with Crippen molar-refractivity contribution in [1.82, 2.24) is 9.62 Å². The summed E-state index contributed by atoms with van der Waals surface area (Å²) in [4.78, 5) is 1.99. The molecule has 1 heterocycles. The molecule has 0 aromatic heterocycles. The summed E-state index contributed by atoms with van der Waals surface area (Å²) < 4.78 is 27.0. The SMILES string of the molecule is Cc1cccc(C(C)NS(=O)(=O)CCN2CCC(O)C2)c1. The van der Waals surface area contributed by atoms with E-state index in [0.29, 0.717) is 13.1 Å². The maximum Gasteiger partial charge on any atom is 0.213 e. The molecule has 0 bridgehead atoms. The molecule has 1 fully saturated rings. The second-order valence-corrected chi connectivity index (χ2v) is 7.69. The highest BCUT2D eigenvalue weighted by Gasteiger charge is 2.22. The van der Waals surface area contributed by atoms with E-state index in [1.54, 1.807) is 0 Å². The maximum atomic E-state index is 12.1. The van der Waals surface area contributed by atoms with Gasteiger partial charge in [0.2, 0.25) is 10.0 Å². The lowest BCUT2D eigenvalue weighted by Gasteiger charge is -2.18. The third-order valence-corrected chi connectivity index (χ3v) is 5.25. The molecule has 5 nitrogen and oxygen atoms in total. The third kappa shape index (κ3) is 5.07. The molecule has 2 atom stereocenters. The summed E-state index contributed by atoms with van der Waals surface area (Å²) >= 11 is 0. The number of rotatable bonds is 6. The van der Waals surface area contributed by atoms with Gasteiger partial charge < -0.3 is 5.11 Å². The number of aryl methyl sites for hydroxylation is 1. The van der Waals surface area contributed by atoms with Crippen LogP contribution in [-0.2, 0) is 10.0 Å². The highest BCUT2D eigenvalue weighted by Crippen LogP contribution is 2.15. The number of hydrogen-bond donors (Lipinski definition) is 2. The summed E-state index contributed by atoms with van der Waals surface area (Å²) in [6.07, 6.45) is 0.416. The predicted octanol–water partition coefficient (Wildman–Crippen LogP) is 1.04. The standard InChI is InChI=1S/C15H24N2O3S/c1-12-4-3-5-14(10-12)13(2)16-21(19,20)9-8-17-7-6-15(18)11-17/h3-5,10,13,15-16,18H,6-9,11H2,1-2H3. The number of likely N-dealkylation sites (tertiary alicyclic amines) is 1. The van der Waals surface area contributed by atoms with Crippen molar-refractivity contribution in [2.75, 3.05) is 25.4 Å². The van der Waals surface area contributed by atoms with Crippen molar-refractivity contribution in [1.29, 1.82) is 0 Å². The first-order valence-electron chi connectivity index (χ1n) is 7.33. The van der Waals surface area contributed by atoms with Gasteiger partial charge in [-0.25, -0.2) is 13.1 Å². The van der Waals surface area contributed by atoms with Crippen LogP contribution in [0.5, 0.6) is 0 Å². The number of nitrogens with one attached hydrogen (secondary N) is 1. The van der Waals surface area contributed by atoms with E-state index >= 15 is 0 Å². The van der Waals surface area contributed by atoms with Crippen molar-refractivity contribution >= 4 is 10.0 Å². The molecular weight excluding hydrogens is 288 g/mol. The van der Waals surface area contributed by atoms with Crippen LogP contribution in [-0.4, -0.2) is 49.9 Å². The molecule has 1 aromatic carbocycles. The molecule has 0 saturated carbocycles. The number of hydrogen-bond acceptors (Lipinski definition) is 4. The Hall–Kier alpha value is -0.950. The first kappa shape index (κ1) is 16.4. The molecule has 0 radical (unpaired) electrons. The monoisotopic (exact) mass is 312 g/mol. The summed E-state index contributed by atoms with van der Waals surface area (Å²) in [5.41, 5.74) is 2.08. The first-order chi connectivity index (χ1) is 9.85. The van der Waals surface area contributed by atoms with E-state index in [1.165, 1.54) is 0 Å². The fourth-order valence-corrected chi connectivity index (χ4v) is 3.89. The van der Waals surface area contributed by atoms with Crippen molar-refractivity contribution in [2.45, 2.75) is 32.4 Å². The molecule has 2 N–H and O–H groups in total. The number of sulfonamides is 1. The molecule has 118 valence electrons. The lowest BCUT2D eigenvalue weighted by Crippen LogP contribution is -2.35. The van der Waals surface area contributed by atoms with E-state index in [2.05, 4.69) is 4.72 Å². The van der Waals surface area contributed by atoms with Crippen molar-refractivity contribution in [2.24, 2.45) is 0 Å². The van der Waals surface area contributed by atoms with Crippen LogP contribution in [0.1, 0.15) is 30.5 Å². The average molecular weight is 312 g/mol. The Kier molecular flexibility index (Phi) is 5.37. The second kappa shape index (κ2) is 6.87. The molecule has 0 amide bonds. The van der Waals surface area contributed by atoms with E-state index in [4.69, 9.17) is 0 Å². The van der Waals surface area contributed by atoms with Gasteiger partial charge in [-0.1, -0.05) is 29.8 Å². The minimum Gasteiger partial charge on any atom is -0.392 e. The number of aliphatic hydroxyl groups is 1. The van der Waals surface area contributed by atoms with Gasteiger partial charge in [0.25, 0.3) is 0 Å². The molecule has 1 saturated heterocycles. The summed E-state index contributed by atoms with van der Waals surface area (Å²) in [7, 11) is -3.32. The van der Waals surface area contributed by atoms with Gasteiger partial charge in [0.1, 0.15) is 0 Å². The van der Waals surface area contributed by atoms with E-state index in [0.717, 1.165) is 24.1 Å². The topological polar surface area (TPSA) is 69.6 Å². The molecule has 0 aliphatic carbocycles. The molecule has 1 aromatic rings. The van der Waals surface area contributed by atoms with Gasteiger partial charge in [0.15, 0.2) is 0 Å². The highest BCUT2D eigenvalue weighted by molar-refractivity contribution is 7.89. The van der Waals surface area contributed by atoms with Crippen LogP contribution in [0.15, 0.2) is 24.3 Å². The summed E-state index contributed by atoms with van der Waals surface area (Å²) in [6.45, 7) is 5.65. The highest BCUT2D eigenvalue weighted by atomic mass is 32.2. The van der Waals surface area contributed by atoms with Crippen LogP contribution in [0, 0.1) is 6.92 Å². The maximum absolute atomic E-state index is 12.1. The fraction of sp³-hybridized carbons (Fsp3) is 0.600. The number of benzene rings is 1. The Morgan fingerprint density at radius 2 is 2.24 bits per heavy atom. The molecule has 1 aliphatic heterocycles. The van der Waals surface area contributed by atoms with E-state index < -0.39 is 10.0 Å². The zero-order valence-electron chi connectivity index (χ0n) is 12.6. The minimum atomic E-state index is -3.32. The van der Waals surface area contributed by atoms with Crippen LogP contribution >= 0.6 is 0 Å². The number of aliphatic hydroxyl groups excluding tert-OH is 1. The van der Waals surface area contributed by atoms with Gasteiger partial charge in [-0.05, 0) is 25.8 Å². The fourth-order valence-electron chi connectivity index (χ4n) is 2.60. The van der Waals surface area contributed by atoms with Crippen molar-refractivity contribution in [3.05, 3.63) is 35.4 Å². The molecule has 6 heteroatoms. The van der Waals surface area contributed by atoms with Gasteiger partial charge in [0.05, 0.1) is 11.9 Å². The molecule has 2 rings (SSSR count). The smallest absolute Gasteiger partial charge is 0.213 e. The second-order valence-electron chi connectivity index (χ2n) is 5.82. The summed E-state index contributed by atoms with van der Waals surface area (Å²) in [5, 5.41) is 9.44. The molecule has 0 spiro atoms. The van der Waals surface area contributed by atoms with Gasteiger partial charge >= 0.3 is 0 Å². The zero-order chi connectivity index (χ0) is 15.5. The van der Waals surface area contributed by atoms with Gasteiger partial charge in [0, 0.05) is 25.7 Å². The first-order valence-corrected chi connectivity index (χ1v) is 8.98. The van der Waals surface area contributed by atoms with Gasteiger partial charge in [-0.15, -0.1) is 0 Å². The van der Waals surface area contributed by atoms with Gasteiger partial charge in [-0.3, -0.25) is 4.90 Å². The number of β-amino-alcohol motifs (C(OH)–C–C–N with tert-alkyl or cyclic N) is 1. The van der Waals surface area contributed by atoms with Crippen LogP contribution < -0.4 is 4.72 Å². The minimum absolute atomic E-state index is 0.0654. The van der Waals surface area contributed by atoms with E-state index in [1.807, 2.05) is 43.0 Å². The van der Waals surface area contributed by atoms with Crippen molar-refractivity contribution in [3.8, 4) is 0 Å². The summed E-state index contributed by atoms with van der Waals surface area (Å²) in [6, 6.07) is 7.60. The van der Waals surface area contributed by atoms with E-state index in [9.17, 15) is 13.5 Å². The largest absolute Gasteiger partial charge is 0.392 e. The Morgan fingerprint density at radius 3 is 2.86 bits per heavy atom. The Labute approximate surface area is 127 Å². The summed E-state index contributed by atoms with van der Waals surface area (Å²) in [5.74, 6) is 0.0654. The predicted molar refractivity (Wildman–Crippen MR) is 83.6 cm³/mol. The van der Waals surface area contributed by atoms with Gasteiger partial charge in [-0.2, -0.15) is 0 Å². The molecule has 2 unspecified atom stereocenters. The Balaban J connectivity index is 1.88. The van der Waals surface area contributed by atoms with Crippen LogP contribution in [0.4, 0.5) is 0 Å². The lowest BCUT2D eigenvalue weighted by atomic mass is 10.1. The molecular formula is C15H24N2O3S. The third-order valence-electron chi connectivity index (χ3n) is 3.82. The normalized spacial score (nSPS) is 21.6. The lowest BCUT2D eigenvalue weighted by molar-refractivity contribution is 0.178.